The maximum atomic E-state index is 9.64. The monoisotopic (exact) mass is 124 g/mol. The summed E-state index contributed by atoms with van der Waals surface area (Å²) in [6.45, 7) is 3.66. The van der Waals surface area contributed by atoms with Crippen LogP contribution in [0.15, 0.2) is 4.99 Å². The van der Waals surface area contributed by atoms with Crippen LogP contribution in [0.3, 0.4) is 0 Å². The summed E-state index contributed by atoms with van der Waals surface area (Å²) in [5.74, 6) is 0.0939. The van der Waals surface area contributed by atoms with Crippen molar-refractivity contribution < 1.29 is 4.79 Å². The highest BCUT2D eigenvalue weighted by molar-refractivity contribution is 5.34. The van der Waals surface area contributed by atoms with E-state index in [-0.39, 0.29) is 5.92 Å². The van der Waals surface area contributed by atoms with Gasteiger partial charge < -0.3 is 0 Å². The van der Waals surface area contributed by atoms with Gasteiger partial charge in [-0.15, -0.1) is 0 Å². The number of hydrogen-bond acceptors (Lipinski definition) is 3. The first-order valence-electron chi connectivity index (χ1n) is 2.69. The molecule has 0 fully saturated rings. The van der Waals surface area contributed by atoms with Gasteiger partial charge in [-0.25, -0.2) is 4.79 Å². The molecule has 0 aromatic rings. The molecule has 9 heavy (non-hydrogen) atoms. The van der Waals surface area contributed by atoms with E-state index in [0.29, 0.717) is 0 Å². The molecule has 3 heteroatoms. The summed E-state index contributed by atoms with van der Waals surface area (Å²) in [6.07, 6.45) is 1.35. The summed E-state index contributed by atoms with van der Waals surface area (Å²) in [5, 5.41) is 8.30. The van der Waals surface area contributed by atoms with Gasteiger partial charge in [-0.3, -0.25) is 0 Å². The highest BCUT2D eigenvalue weighted by atomic mass is 16.1. The van der Waals surface area contributed by atoms with E-state index in [1.54, 1.807) is 0 Å². The van der Waals surface area contributed by atoms with E-state index in [1.165, 1.54) is 6.08 Å². The van der Waals surface area contributed by atoms with Gasteiger partial charge in [0.15, 0.2) is 6.04 Å². The van der Waals surface area contributed by atoms with Gasteiger partial charge in [0.2, 0.25) is 6.08 Å². The van der Waals surface area contributed by atoms with Gasteiger partial charge in [0, 0.05) is 0 Å². The van der Waals surface area contributed by atoms with Gasteiger partial charge in [-0.05, 0) is 5.92 Å². The molecule has 48 valence electrons. The van der Waals surface area contributed by atoms with Crippen LogP contribution in [0.5, 0.6) is 0 Å². The van der Waals surface area contributed by atoms with Crippen molar-refractivity contribution in [3.63, 3.8) is 0 Å². The van der Waals surface area contributed by atoms with Crippen LogP contribution in [0.2, 0.25) is 0 Å². The van der Waals surface area contributed by atoms with Crippen LogP contribution in [-0.2, 0) is 4.79 Å². The first-order chi connectivity index (χ1) is 4.22. The third kappa shape index (κ3) is 2.63. The van der Waals surface area contributed by atoms with E-state index in [4.69, 9.17) is 5.26 Å². The van der Waals surface area contributed by atoms with Gasteiger partial charge in [-0.1, -0.05) is 13.8 Å². The molecule has 0 aliphatic heterocycles. The molecule has 1 atom stereocenters. The fourth-order valence-corrected chi connectivity index (χ4v) is 0.384. The van der Waals surface area contributed by atoms with Crippen molar-refractivity contribution in [2.24, 2.45) is 10.9 Å². The van der Waals surface area contributed by atoms with Gasteiger partial charge in [0.05, 0.1) is 6.07 Å². The normalized spacial score (nSPS) is 11.8. The maximum absolute atomic E-state index is 9.64. The third-order valence-electron chi connectivity index (χ3n) is 0.956. The zero-order valence-corrected chi connectivity index (χ0v) is 5.46. The second-order valence-corrected chi connectivity index (χ2v) is 2.04. The molecule has 1 unspecified atom stereocenters. The predicted molar refractivity (Wildman–Crippen MR) is 32.4 cm³/mol. The van der Waals surface area contributed by atoms with E-state index < -0.39 is 6.04 Å². The molecule has 0 rings (SSSR count). The molecule has 0 aliphatic rings. The topological polar surface area (TPSA) is 53.2 Å². The van der Waals surface area contributed by atoms with Gasteiger partial charge in [0.1, 0.15) is 0 Å². The second kappa shape index (κ2) is 3.82. The average molecular weight is 124 g/mol. The third-order valence-corrected chi connectivity index (χ3v) is 0.956. The van der Waals surface area contributed by atoms with Crippen molar-refractivity contribution in [2.45, 2.75) is 19.9 Å². The minimum Gasteiger partial charge on any atom is -0.211 e. The van der Waals surface area contributed by atoms with Crippen molar-refractivity contribution in [3.8, 4) is 6.07 Å². The second-order valence-electron chi connectivity index (χ2n) is 2.04. The van der Waals surface area contributed by atoms with E-state index in [0.717, 1.165) is 0 Å². The molecular weight excluding hydrogens is 116 g/mol. The molecule has 0 saturated heterocycles. The van der Waals surface area contributed by atoms with Gasteiger partial charge in [-0.2, -0.15) is 10.3 Å². The Labute approximate surface area is 54.0 Å². The van der Waals surface area contributed by atoms with Crippen LogP contribution in [0, 0.1) is 17.2 Å². The fraction of sp³-hybridized carbons (Fsp3) is 0.667. The molecule has 0 N–H and O–H groups in total. The summed E-state index contributed by atoms with van der Waals surface area (Å²) >= 11 is 0. The maximum Gasteiger partial charge on any atom is 0.236 e. The first kappa shape index (κ1) is 7.87. The van der Waals surface area contributed by atoms with Gasteiger partial charge in [0.25, 0.3) is 0 Å². The minimum absolute atomic E-state index is 0.0939. The number of carbonyl (C=O) groups excluding carboxylic acids is 1. The van der Waals surface area contributed by atoms with Crippen LogP contribution >= 0.6 is 0 Å². The Bertz CT molecular complexity index is 162. The Hall–Kier alpha value is -1.13. The molecule has 0 aliphatic carbocycles. The van der Waals surface area contributed by atoms with Crippen molar-refractivity contribution >= 4 is 6.08 Å². The van der Waals surface area contributed by atoms with Crippen molar-refractivity contribution in [2.75, 3.05) is 0 Å². The van der Waals surface area contributed by atoms with E-state index in [2.05, 4.69) is 4.99 Å². The molecule has 0 aromatic heterocycles. The van der Waals surface area contributed by atoms with Crippen LogP contribution in [-0.4, -0.2) is 12.1 Å². The molecule has 3 nitrogen and oxygen atoms in total. The largest absolute Gasteiger partial charge is 0.236 e. The minimum atomic E-state index is -0.525. The van der Waals surface area contributed by atoms with Crippen molar-refractivity contribution in [3.05, 3.63) is 0 Å². The van der Waals surface area contributed by atoms with E-state index in [9.17, 15) is 4.79 Å². The summed E-state index contributed by atoms with van der Waals surface area (Å²) in [7, 11) is 0. The highest BCUT2D eigenvalue weighted by Crippen LogP contribution is 2.02. The Balaban J connectivity index is 4.03. The van der Waals surface area contributed by atoms with Gasteiger partial charge >= 0.3 is 0 Å². The van der Waals surface area contributed by atoms with Crippen molar-refractivity contribution in [1.82, 2.24) is 0 Å². The average Bonchev–Trinajstić information content (AvgIpc) is 1.82. The molecule has 0 spiro atoms. The summed E-state index contributed by atoms with van der Waals surface area (Å²) in [6, 6.07) is 1.35. The molecule has 0 radical (unpaired) electrons. The molecule has 0 bridgehead atoms. The smallest absolute Gasteiger partial charge is 0.211 e. The standard InChI is InChI=1S/C6H8N2O/c1-5(2)6(3-7)8-4-9/h5-6H,1-2H3. The van der Waals surface area contributed by atoms with Crippen LogP contribution in [0.25, 0.3) is 0 Å². The molecule has 0 amide bonds. The van der Waals surface area contributed by atoms with Crippen LogP contribution in [0.4, 0.5) is 0 Å². The Morgan fingerprint density at radius 3 is 2.22 bits per heavy atom. The van der Waals surface area contributed by atoms with Crippen LogP contribution < -0.4 is 0 Å². The van der Waals surface area contributed by atoms with Crippen molar-refractivity contribution in [1.29, 1.82) is 5.26 Å². The number of nitriles is 1. The first-order valence-corrected chi connectivity index (χ1v) is 2.69. The Morgan fingerprint density at radius 1 is 1.56 bits per heavy atom. The lowest BCUT2D eigenvalue weighted by Crippen LogP contribution is -2.08. The number of aliphatic imine (C=N–C) groups is 1. The molecule has 0 saturated carbocycles. The lowest BCUT2D eigenvalue weighted by atomic mass is 10.1. The number of hydrogen-bond donors (Lipinski definition) is 0. The Kier molecular flexibility index (Phi) is 3.34. The number of nitrogens with zero attached hydrogens (tertiary/aromatic N) is 2. The molecular formula is C6H8N2O. The lowest BCUT2D eigenvalue weighted by molar-refractivity contribution is 0.542. The lowest BCUT2D eigenvalue weighted by Gasteiger charge is -2.02. The summed E-state index contributed by atoms with van der Waals surface area (Å²) in [5.41, 5.74) is 0. The highest BCUT2D eigenvalue weighted by Gasteiger charge is 2.08. The predicted octanol–water partition coefficient (Wildman–Crippen LogP) is 0.870. The summed E-state index contributed by atoms with van der Waals surface area (Å²) < 4.78 is 0. The molecule has 0 heterocycles. The number of rotatable bonds is 2. The Morgan fingerprint density at radius 2 is 2.11 bits per heavy atom. The van der Waals surface area contributed by atoms with E-state index in [1.807, 2.05) is 19.9 Å². The number of isocyanates is 1. The van der Waals surface area contributed by atoms with Crippen LogP contribution in [0.1, 0.15) is 13.8 Å². The zero-order chi connectivity index (χ0) is 7.28. The fourth-order valence-electron chi connectivity index (χ4n) is 0.384. The molecule has 0 aromatic carbocycles. The quantitative estimate of drug-likeness (QED) is 0.405. The SMILES string of the molecule is CC(C)C(C#N)N=C=O. The zero-order valence-electron chi connectivity index (χ0n) is 5.46. The van der Waals surface area contributed by atoms with E-state index >= 15 is 0 Å². The summed E-state index contributed by atoms with van der Waals surface area (Å²) in [4.78, 5) is 12.9.